The van der Waals surface area contributed by atoms with Crippen LogP contribution in [0.4, 0.5) is 0 Å². The van der Waals surface area contributed by atoms with Gasteiger partial charge in [-0.15, -0.1) is 11.3 Å². The number of nitrogens with zero attached hydrogens (tertiary/aromatic N) is 8. The Bertz CT molecular complexity index is 1980. The highest BCUT2D eigenvalue weighted by Gasteiger charge is 2.31. The number of carbonyl (C=O) groups is 1. The smallest absolute Gasteiger partial charge is 0.223 e. The summed E-state index contributed by atoms with van der Waals surface area (Å²) in [4.78, 5) is 32.9. The molecule has 0 aliphatic carbocycles. The number of piperidine rings is 2. The van der Waals surface area contributed by atoms with Crippen LogP contribution in [0.25, 0.3) is 0 Å². The van der Waals surface area contributed by atoms with E-state index in [0.29, 0.717) is 33.4 Å². The second-order valence-corrected chi connectivity index (χ2v) is 34.7. The Labute approximate surface area is 536 Å². The number of carbonyl (C=O) groups excluding carboxylic acids is 1. The molecule has 6 aliphatic heterocycles. The number of aromatic nitrogens is 5. The third-order valence-electron chi connectivity index (χ3n) is 16.5. The van der Waals surface area contributed by atoms with Crippen LogP contribution in [0, 0.1) is 10.8 Å². The van der Waals surface area contributed by atoms with Crippen LogP contribution in [0.15, 0.2) is 42.4 Å². The molecule has 6 fully saturated rings. The van der Waals surface area contributed by atoms with E-state index in [9.17, 15) is 4.79 Å². The highest BCUT2D eigenvalue weighted by Crippen LogP contribution is 2.28. The molecule has 0 radical (unpaired) electrons. The normalized spacial score (nSPS) is 20.3. The monoisotopic (exact) mass is 1220 g/mol. The maximum Gasteiger partial charge on any atom is 0.223 e. The summed E-state index contributed by atoms with van der Waals surface area (Å²) in [5, 5.41) is 20.2. The van der Waals surface area contributed by atoms with Gasteiger partial charge in [-0.25, -0.2) is 9.97 Å². The summed E-state index contributed by atoms with van der Waals surface area (Å²) < 4.78 is 0. The third-order valence-corrected chi connectivity index (χ3v) is 17.7. The topological polar surface area (TPSA) is 133 Å². The molecule has 2 atom stereocenters. The number of thiazole rings is 1. The average molecular weight is 1220 g/mol. The van der Waals surface area contributed by atoms with Gasteiger partial charge in [-0.2, -0.15) is 5.10 Å². The van der Waals surface area contributed by atoms with E-state index in [2.05, 4.69) is 255 Å². The Hall–Kier alpha value is -2.85. The number of amides is 1. The fraction of sp³-hybridized carbons (Fsp3) is 0.847. The molecule has 0 aromatic carbocycles. The lowest BCUT2D eigenvalue weighted by atomic mass is 9.82. The molecule has 0 saturated carbocycles. The maximum atomic E-state index is 11.1. The first kappa shape index (κ1) is 81.2. The van der Waals surface area contributed by atoms with Crippen molar-refractivity contribution in [1.82, 2.24) is 60.7 Å². The molecule has 1 amide bonds. The second kappa shape index (κ2) is 37.5. The maximum absolute atomic E-state index is 11.1. The van der Waals surface area contributed by atoms with Gasteiger partial charge in [-0.05, 0) is 214 Å². The minimum absolute atomic E-state index is 0.0353. The van der Waals surface area contributed by atoms with E-state index in [1.165, 1.54) is 133 Å². The Morgan fingerprint density at radius 2 is 0.907 bits per heavy atom. The van der Waals surface area contributed by atoms with E-state index in [1.54, 1.807) is 11.3 Å². The van der Waals surface area contributed by atoms with Crippen LogP contribution in [0.1, 0.15) is 280 Å². The molecule has 3 aromatic rings. The summed E-state index contributed by atoms with van der Waals surface area (Å²) in [6.07, 6.45) is 22.7. The Kier molecular flexibility index (Phi) is 35.4. The summed E-state index contributed by atoms with van der Waals surface area (Å²) in [6.45, 7) is 73.4. The summed E-state index contributed by atoms with van der Waals surface area (Å²) in [5.41, 5.74) is 4.06. The van der Waals surface area contributed by atoms with Gasteiger partial charge in [0.1, 0.15) is 12.2 Å². The van der Waals surface area contributed by atoms with E-state index in [-0.39, 0.29) is 21.8 Å². The molecular formula is C72H140N12OS. The predicted molar refractivity (Wildman–Crippen MR) is 375 cm³/mol. The lowest BCUT2D eigenvalue weighted by molar-refractivity contribution is -0.131. The van der Waals surface area contributed by atoms with Crippen LogP contribution in [-0.2, 0) is 21.0 Å². The minimum Gasteiger partial charge on any atom is -0.338 e. The van der Waals surface area contributed by atoms with Crippen molar-refractivity contribution in [3.8, 4) is 0 Å². The molecular weight excluding hydrogens is 1080 g/mol. The van der Waals surface area contributed by atoms with Crippen molar-refractivity contribution in [2.45, 2.75) is 314 Å². The molecule has 2 unspecified atom stereocenters. The number of hydrogen-bond donors (Lipinski definition) is 4. The van der Waals surface area contributed by atoms with Crippen LogP contribution in [0.2, 0.25) is 0 Å². The Balaban J connectivity index is 0.000000484. The van der Waals surface area contributed by atoms with E-state index in [4.69, 9.17) is 0 Å². The van der Waals surface area contributed by atoms with Gasteiger partial charge >= 0.3 is 0 Å². The fourth-order valence-electron chi connectivity index (χ4n) is 10.7. The SMILES string of the molecule is CC(C)(C)C1CCCCN1.CC(C)(C)C1CCCN1.CC(C)(C)N1CCCC1.CC(C)(C)N1CCCC1=O.CC(C)(C)N1CCCCC1.CC(C)(C)N1CCNCC1.CC(C)(C)c1ccncc1.CC(C)(C)c1nccs1.CC(C)(C)c1ncn[nH]1. The number of aromatic amines is 1. The summed E-state index contributed by atoms with van der Waals surface area (Å²) >= 11 is 1.72. The highest BCUT2D eigenvalue weighted by molar-refractivity contribution is 7.09. The van der Waals surface area contributed by atoms with Crippen LogP contribution in [0.5, 0.6) is 0 Å². The molecule has 4 N–H and O–H groups in total. The van der Waals surface area contributed by atoms with Gasteiger partial charge in [0.05, 0.1) is 5.01 Å². The van der Waals surface area contributed by atoms with Gasteiger partial charge in [-0.1, -0.05) is 117 Å². The molecule has 6 saturated heterocycles. The first-order valence-corrected chi connectivity index (χ1v) is 34.6. The molecule has 9 heterocycles. The standard InChI is InChI=1S/C9H13N.2C9H19N.C8H18N2.C8H15NO.2C8H17N.C7H11NS.C6H11N3/c1-9(2,3)8-4-6-10-7-5-8;1-9(2,3)10-7-5-4-6-8-10;1-9(2,3)8-6-4-5-7-10-8;1-8(2,3)10-6-4-9-5-7-10;1-8(2,3)9-6-4-5-7(9)10;1-8(2,3)9-6-4-5-7-9;1-8(2,3)7-5-4-6-9-7;1-7(2,3)6-8-4-5-9-6;1-6(2,3)5-7-4-8-9-5/h4-7H,1-3H3;4-8H2,1-3H3;8,10H,4-7H2,1-3H3;9H,4-7H2,1-3H3;4-6H2,1-3H3;4-7H2,1-3H3;7,9H,4-6H2,1-3H3;4-5H,1-3H3;4H,1-3H3,(H,7,8,9). The first-order valence-electron chi connectivity index (χ1n) is 33.8. The number of hydrogen-bond acceptors (Lipinski definition) is 12. The number of nitrogens with one attached hydrogen (secondary N) is 4. The van der Waals surface area contributed by atoms with Crippen molar-refractivity contribution >= 4 is 17.2 Å². The number of H-pyrrole nitrogens is 1. The predicted octanol–water partition coefficient (Wildman–Crippen LogP) is 16.1. The molecule has 86 heavy (non-hydrogen) atoms. The average Bonchev–Trinajstić information content (AvgIpc) is 4.31. The number of piperazine rings is 1. The Morgan fingerprint density at radius 1 is 0.453 bits per heavy atom. The second-order valence-electron chi connectivity index (χ2n) is 33.9. The first-order chi connectivity index (χ1) is 39.4. The zero-order valence-corrected chi connectivity index (χ0v) is 62.2. The van der Waals surface area contributed by atoms with Crippen molar-refractivity contribution in [1.29, 1.82) is 0 Å². The molecule has 9 rings (SSSR count). The number of pyridine rings is 1. The summed E-state index contributed by atoms with van der Waals surface area (Å²) in [5.74, 6) is 1.25. The quantitative estimate of drug-likeness (QED) is 0.171. The van der Waals surface area contributed by atoms with Crippen LogP contribution in [0.3, 0.4) is 0 Å². The van der Waals surface area contributed by atoms with Gasteiger partial charge in [0.25, 0.3) is 0 Å². The lowest BCUT2D eigenvalue weighted by Gasteiger charge is -2.38. The van der Waals surface area contributed by atoms with Gasteiger partial charge in [-0.3, -0.25) is 29.6 Å². The molecule has 0 bridgehead atoms. The summed E-state index contributed by atoms with van der Waals surface area (Å²) in [6, 6.07) is 5.62. The van der Waals surface area contributed by atoms with Crippen molar-refractivity contribution in [3.63, 3.8) is 0 Å². The molecule has 14 heteroatoms. The third kappa shape index (κ3) is 35.5. The zero-order chi connectivity index (χ0) is 65.9. The van der Waals surface area contributed by atoms with Crippen molar-refractivity contribution in [2.24, 2.45) is 10.8 Å². The molecule has 3 aromatic heterocycles. The zero-order valence-electron chi connectivity index (χ0n) is 61.4. The van der Waals surface area contributed by atoms with Gasteiger partial charge in [0.2, 0.25) is 5.91 Å². The summed E-state index contributed by atoms with van der Waals surface area (Å²) in [7, 11) is 0. The van der Waals surface area contributed by atoms with E-state index in [1.807, 2.05) is 28.9 Å². The van der Waals surface area contributed by atoms with Crippen molar-refractivity contribution in [2.75, 3.05) is 72.0 Å². The molecule has 0 spiro atoms. The highest BCUT2D eigenvalue weighted by atomic mass is 32.1. The number of likely N-dealkylation sites (tertiary alicyclic amines) is 3. The van der Waals surface area contributed by atoms with E-state index >= 15 is 0 Å². The van der Waals surface area contributed by atoms with Crippen LogP contribution in [-0.4, -0.2) is 157 Å². The largest absolute Gasteiger partial charge is 0.338 e. The van der Waals surface area contributed by atoms with Gasteiger partial charge in [0, 0.05) is 108 Å². The van der Waals surface area contributed by atoms with Gasteiger partial charge < -0.3 is 20.9 Å². The van der Waals surface area contributed by atoms with Crippen LogP contribution >= 0.6 is 11.3 Å². The van der Waals surface area contributed by atoms with Crippen molar-refractivity contribution in [3.05, 3.63) is 58.8 Å². The Morgan fingerprint density at radius 3 is 1.15 bits per heavy atom. The van der Waals surface area contributed by atoms with E-state index < -0.39 is 0 Å². The molecule has 6 aliphatic rings. The van der Waals surface area contributed by atoms with Crippen LogP contribution < -0.4 is 16.0 Å². The number of rotatable bonds is 0. The van der Waals surface area contributed by atoms with E-state index in [0.717, 1.165) is 50.4 Å². The van der Waals surface area contributed by atoms with Crippen molar-refractivity contribution < 1.29 is 4.79 Å². The van der Waals surface area contributed by atoms with Gasteiger partial charge in [0.15, 0.2) is 0 Å². The molecule has 500 valence electrons. The minimum atomic E-state index is 0.0353. The lowest BCUT2D eigenvalue weighted by Crippen LogP contribution is -2.51. The fourth-order valence-corrected chi connectivity index (χ4v) is 11.4. The molecule has 13 nitrogen and oxygen atoms in total.